The molecule has 150 valence electrons. The van der Waals surface area contributed by atoms with Crippen LogP contribution in [0.5, 0.6) is 0 Å². The van der Waals surface area contributed by atoms with Gasteiger partial charge in [-0.15, -0.1) is 0 Å². The number of hydrogen-bond acceptors (Lipinski definition) is 2. The highest BCUT2D eigenvalue weighted by atomic mass is 16.5. The minimum Gasteiger partial charge on any atom is -0.461 e. The first-order chi connectivity index (χ1) is 13.9. The minimum absolute atomic E-state index is 0.0545. The lowest BCUT2D eigenvalue weighted by Crippen LogP contribution is -2.59. The fourth-order valence-corrected chi connectivity index (χ4v) is 7.33. The van der Waals surface area contributed by atoms with Gasteiger partial charge in [0, 0.05) is 24.2 Å². The van der Waals surface area contributed by atoms with Crippen LogP contribution in [0.4, 0.5) is 0 Å². The zero-order valence-corrected chi connectivity index (χ0v) is 17.5. The molecule has 29 heavy (non-hydrogen) atoms. The van der Waals surface area contributed by atoms with Gasteiger partial charge in [-0.25, -0.2) is 0 Å². The number of carbonyl (C=O) groups is 1. The molecule has 2 aliphatic heterocycles. The zero-order valence-electron chi connectivity index (χ0n) is 17.5. The first-order valence-corrected chi connectivity index (χ1v) is 11.1. The predicted octanol–water partition coefficient (Wildman–Crippen LogP) is 4.16. The largest absolute Gasteiger partial charge is 0.461 e. The van der Waals surface area contributed by atoms with E-state index in [0.29, 0.717) is 17.5 Å². The van der Waals surface area contributed by atoms with Crippen LogP contribution in [-0.4, -0.2) is 42.7 Å². The highest BCUT2D eigenvalue weighted by molar-refractivity contribution is 5.87. The minimum atomic E-state index is -0.785. The molecule has 3 nitrogen and oxygen atoms in total. The summed E-state index contributed by atoms with van der Waals surface area (Å²) in [5.74, 6) is 1.80. The average Bonchev–Trinajstić information content (AvgIpc) is 3.60. The average molecular weight is 389 g/mol. The maximum absolute atomic E-state index is 13.7. The van der Waals surface area contributed by atoms with Crippen molar-refractivity contribution in [1.29, 1.82) is 0 Å². The van der Waals surface area contributed by atoms with Gasteiger partial charge in [-0.05, 0) is 30.4 Å². The smallest absolute Gasteiger partial charge is 0.321 e. The van der Waals surface area contributed by atoms with Crippen LogP contribution in [-0.2, 0) is 14.9 Å². The van der Waals surface area contributed by atoms with Crippen molar-refractivity contribution in [3.63, 3.8) is 0 Å². The first kappa shape index (κ1) is 17.7. The Kier molecular flexibility index (Phi) is 3.37. The summed E-state index contributed by atoms with van der Waals surface area (Å²) in [6.45, 7) is 2.02. The molecule has 5 unspecified atom stereocenters. The van der Waals surface area contributed by atoms with E-state index in [1.165, 1.54) is 6.42 Å². The van der Waals surface area contributed by atoms with Crippen LogP contribution >= 0.6 is 0 Å². The Hall–Kier alpha value is -2.13. The normalized spacial score (nSPS) is 38.0. The van der Waals surface area contributed by atoms with Crippen molar-refractivity contribution in [3.05, 3.63) is 71.8 Å². The van der Waals surface area contributed by atoms with Crippen molar-refractivity contribution in [3.8, 4) is 0 Å². The van der Waals surface area contributed by atoms with Gasteiger partial charge in [-0.2, -0.15) is 0 Å². The molecule has 4 aliphatic rings. The molecule has 6 atom stereocenters. The number of nitrogens with zero attached hydrogens (tertiary/aromatic N) is 1. The van der Waals surface area contributed by atoms with Gasteiger partial charge in [0.1, 0.15) is 11.5 Å². The molecule has 2 aromatic carbocycles. The predicted molar refractivity (Wildman–Crippen MR) is 112 cm³/mol. The summed E-state index contributed by atoms with van der Waals surface area (Å²) < 4.78 is 7.47. The molecule has 1 spiro atoms. The van der Waals surface area contributed by atoms with Gasteiger partial charge in [0.05, 0.1) is 26.2 Å². The number of fused-ring (bicyclic) bond motifs is 4. The second-order valence-electron chi connectivity index (χ2n) is 10.5. The Bertz CT molecular complexity index is 929. The maximum Gasteiger partial charge on any atom is 0.321 e. The highest BCUT2D eigenvalue weighted by Crippen LogP contribution is 2.89. The molecule has 0 radical (unpaired) electrons. The molecule has 2 aliphatic carbocycles. The van der Waals surface area contributed by atoms with Gasteiger partial charge in [0.15, 0.2) is 0 Å². The van der Waals surface area contributed by atoms with E-state index >= 15 is 0 Å². The van der Waals surface area contributed by atoms with Crippen LogP contribution in [0.3, 0.4) is 0 Å². The van der Waals surface area contributed by atoms with E-state index in [1.807, 2.05) is 67.6 Å². The van der Waals surface area contributed by atoms with Crippen LogP contribution in [0.2, 0.25) is 0 Å². The molecule has 6 rings (SSSR count). The summed E-state index contributed by atoms with van der Waals surface area (Å²) in [7, 11) is 4.81. The Morgan fingerprint density at radius 1 is 1.00 bits per heavy atom. The molecule has 2 bridgehead atoms. The summed E-state index contributed by atoms with van der Waals surface area (Å²) >= 11 is 0. The first-order valence-electron chi connectivity index (χ1n) is 11.1. The van der Waals surface area contributed by atoms with E-state index in [2.05, 4.69) is 14.1 Å². The Balaban J connectivity index is 1.29. The molecule has 2 saturated heterocycles. The molecule has 2 heterocycles. The molecule has 4 fully saturated rings. The van der Waals surface area contributed by atoms with Gasteiger partial charge < -0.3 is 9.22 Å². The van der Waals surface area contributed by atoms with Gasteiger partial charge in [0.2, 0.25) is 0 Å². The second-order valence-corrected chi connectivity index (χ2v) is 10.5. The Morgan fingerprint density at radius 3 is 2.10 bits per heavy atom. The van der Waals surface area contributed by atoms with Gasteiger partial charge in [0.25, 0.3) is 0 Å². The molecule has 3 heteroatoms. The summed E-state index contributed by atoms with van der Waals surface area (Å²) in [5, 5.41) is 0. The fourth-order valence-electron chi connectivity index (χ4n) is 7.33. The Morgan fingerprint density at radius 2 is 1.59 bits per heavy atom. The number of rotatable bonds is 4. The second kappa shape index (κ2) is 5.51. The highest BCUT2D eigenvalue weighted by Gasteiger charge is 2.93. The lowest BCUT2D eigenvalue weighted by Gasteiger charge is -2.46. The summed E-state index contributed by atoms with van der Waals surface area (Å²) in [6.07, 6.45) is 3.53. The number of quaternary nitrogens is 1. The third-order valence-electron chi connectivity index (χ3n) is 9.12. The van der Waals surface area contributed by atoms with Crippen LogP contribution in [0.15, 0.2) is 60.7 Å². The molecule has 0 N–H and O–H groups in total. The number of ether oxygens (including phenoxy) is 1. The standard InChI is InChI=1S/C26H30NO2/c1-25(17-10-6-4-7-11-17,18-12-8-5-9-13-18)24(28)29-19-14-21-23-20-16-26(20,23)22(15-19)27(21,2)3/h4-13,19-23H,14-16H2,1-3H3/q+1/t19-,20?,21?,22?,23?,26?/m0/s1. The molecule has 2 aromatic rings. The van der Waals surface area contributed by atoms with Gasteiger partial charge in [-0.3, -0.25) is 4.79 Å². The topological polar surface area (TPSA) is 26.3 Å². The third-order valence-corrected chi connectivity index (χ3v) is 9.12. The molecular formula is C26H30NO2+. The molecule has 2 saturated carbocycles. The van der Waals surface area contributed by atoms with Crippen molar-refractivity contribution in [2.75, 3.05) is 14.1 Å². The molecule has 0 aromatic heterocycles. The van der Waals surface area contributed by atoms with Crippen LogP contribution in [0.1, 0.15) is 37.3 Å². The third kappa shape index (κ3) is 2.15. The number of hydrogen-bond donors (Lipinski definition) is 0. The van der Waals surface area contributed by atoms with Gasteiger partial charge >= 0.3 is 5.97 Å². The zero-order chi connectivity index (χ0) is 20.0. The van der Waals surface area contributed by atoms with E-state index in [0.717, 1.165) is 40.3 Å². The quantitative estimate of drug-likeness (QED) is 0.581. The summed E-state index contributed by atoms with van der Waals surface area (Å²) in [6, 6.07) is 21.5. The lowest BCUT2D eigenvalue weighted by atomic mass is 9.76. The van der Waals surface area contributed by atoms with Crippen molar-refractivity contribution in [2.45, 2.75) is 49.8 Å². The number of carbonyl (C=O) groups excluding carboxylic acids is 1. The van der Waals surface area contributed by atoms with Gasteiger partial charge in [-0.1, -0.05) is 60.7 Å². The summed E-state index contributed by atoms with van der Waals surface area (Å²) in [5.41, 5.74) is 1.83. The SMILES string of the molecule is CC(C(=O)O[C@H]1CC2C3C4CC43C(C1)[N+]2(C)C)(c1ccccc1)c1ccccc1. The van der Waals surface area contributed by atoms with E-state index in [1.54, 1.807) is 0 Å². The summed E-state index contributed by atoms with van der Waals surface area (Å²) in [4.78, 5) is 13.7. The monoisotopic (exact) mass is 388 g/mol. The van der Waals surface area contributed by atoms with Crippen molar-refractivity contribution >= 4 is 5.97 Å². The maximum atomic E-state index is 13.7. The molecule has 0 amide bonds. The van der Waals surface area contributed by atoms with Crippen LogP contribution < -0.4 is 0 Å². The van der Waals surface area contributed by atoms with E-state index in [9.17, 15) is 4.79 Å². The van der Waals surface area contributed by atoms with Crippen LogP contribution in [0, 0.1) is 17.3 Å². The fraction of sp³-hybridized carbons (Fsp3) is 0.500. The number of benzene rings is 2. The van der Waals surface area contributed by atoms with E-state index in [-0.39, 0.29) is 12.1 Å². The van der Waals surface area contributed by atoms with Crippen molar-refractivity contribution < 1.29 is 14.0 Å². The van der Waals surface area contributed by atoms with Crippen molar-refractivity contribution in [2.24, 2.45) is 17.3 Å². The Labute approximate surface area is 173 Å². The molecular weight excluding hydrogens is 358 g/mol. The number of piperidine rings is 2. The number of esters is 1. The van der Waals surface area contributed by atoms with E-state index < -0.39 is 5.41 Å². The lowest BCUT2D eigenvalue weighted by molar-refractivity contribution is -0.937. The van der Waals surface area contributed by atoms with Crippen LogP contribution in [0.25, 0.3) is 0 Å². The van der Waals surface area contributed by atoms with Crippen molar-refractivity contribution in [1.82, 2.24) is 0 Å². The van der Waals surface area contributed by atoms with E-state index in [4.69, 9.17) is 4.74 Å².